The number of amides is 3. The number of nitrogens with one attached hydrogen (secondary N) is 1. The number of hydrogen-bond acceptors (Lipinski definition) is 8. The first-order valence-electron chi connectivity index (χ1n) is 19.3. The van der Waals surface area contributed by atoms with E-state index in [4.69, 9.17) is 5.21 Å². The maximum Gasteiger partial charge on any atom is 0.321 e. The number of aliphatic hydroxyl groups excluding tert-OH is 1. The van der Waals surface area contributed by atoms with Gasteiger partial charge in [-0.05, 0) is 72.1 Å². The zero-order valence-corrected chi connectivity index (χ0v) is 32.4. The molecule has 4 atom stereocenters. The molecule has 3 aromatic carbocycles. The minimum atomic E-state index is -4.06. The summed E-state index contributed by atoms with van der Waals surface area (Å²) in [4.78, 5) is 36.4. The Hall–Kier alpha value is -4.85. The molecule has 1 aliphatic heterocycles. The summed E-state index contributed by atoms with van der Waals surface area (Å²) in [5.74, 6) is -0.433. The predicted octanol–water partition coefficient (Wildman–Crippen LogP) is 5.66. The van der Waals surface area contributed by atoms with Gasteiger partial charge in [-0.1, -0.05) is 98.9 Å². The van der Waals surface area contributed by atoms with Crippen LogP contribution in [0.25, 0.3) is 10.9 Å². The van der Waals surface area contributed by atoms with Crippen LogP contribution >= 0.6 is 0 Å². The molecule has 1 saturated carbocycles. The Morgan fingerprint density at radius 3 is 2.44 bits per heavy atom. The molecule has 2 aliphatic rings. The zero-order valence-electron chi connectivity index (χ0n) is 31.6. The van der Waals surface area contributed by atoms with Crippen LogP contribution in [0.3, 0.4) is 0 Å². The fraction of sp³-hybridized carbons (Fsp3) is 0.429. The number of carbonyl (C=O) groups is 2. The van der Waals surface area contributed by atoms with Crippen molar-refractivity contribution in [2.45, 2.75) is 82.0 Å². The van der Waals surface area contributed by atoms with E-state index in [2.05, 4.69) is 15.5 Å². The van der Waals surface area contributed by atoms with Gasteiger partial charge in [0.25, 0.3) is 0 Å². The lowest BCUT2D eigenvalue weighted by molar-refractivity contribution is -0.128. The lowest BCUT2D eigenvalue weighted by Crippen LogP contribution is -2.57. The predicted molar refractivity (Wildman–Crippen MR) is 212 cm³/mol. The molecule has 3 amide bonds. The zero-order chi connectivity index (χ0) is 39.0. The molecule has 55 heavy (non-hydrogen) atoms. The van der Waals surface area contributed by atoms with Crippen LogP contribution in [0.4, 0.5) is 4.79 Å². The number of oxime groups is 1. The maximum atomic E-state index is 14.5. The van der Waals surface area contributed by atoms with E-state index in [0.29, 0.717) is 31.6 Å². The van der Waals surface area contributed by atoms with Crippen LogP contribution in [0.1, 0.15) is 62.6 Å². The second kappa shape index (κ2) is 18.2. The van der Waals surface area contributed by atoms with Crippen molar-refractivity contribution < 1.29 is 28.3 Å². The van der Waals surface area contributed by atoms with Crippen molar-refractivity contribution in [2.75, 3.05) is 26.2 Å². The smallest absolute Gasteiger partial charge is 0.321 e. The van der Waals surface area contributed by atoms with Crippen LogP contribution in [-0.2, 0) is 27.8 Å². The van der Waals surface area contributed by atoms with Gasteiger partial charge in [0.1, 0.15) is 6.04 Å². The van der Waals surface area contributed by atoms with Gasteiger partial charge in [-0.2, -0.15) is 4.31 Å². The first-order valence-corrected chi connectivity index (χ1v) is 20.7. The Morgan fingerprint density at radius 2 is 1.73 bits per heavy atom. The first kappa shape index (κ1) is 39.8. The molecular formula is C42H52N6O6S. The van der Waals surface area contributed by atoms with Gasteiger partial charge in [0.05, 0.1) is 28.8 Å². The monoisotopic (exact) mass is 768 g/mol. The van der Waals surface area contributed by atoms with Gasteiger partial charge in [0, 0.05) is 44.3 Å². The van der Waals surface area contributed by atoms with E-state index < -0.39 is 28.2 Å². The van der Waals surface area contributed by atoms with Crippen LogP contribution in [0.5, 0.6) is 0 Å². The van der Waals surface area contributed by atoms with Crippen LogP contribution in [-0.4, -0.2) is 100 Å². The summed E-state index contributed by atoms with van der Waals surface area (Å²) in [6.45, 7) is 5.14. The number of urea groups is 1. The Labute approximate surface area is 323 Å². The fourth-order valence-corrected chi connectivity index (χ4v) is 9.42. The second-order valence-corrected chi connectivity index (χ2v) is 16.8. The van der Waals surface area contributed by atoms with Gasteiger partial charge in [0.2, 0.25) is 15.9 Å². The van der Waals surface area contributed by atoms with E-state index in [1.165, 1.54) is 22.7 Å². The molecule has 2 fully saturated rings. The van der Waals surface area contributed by atoms with Gasteiger partial charge >= 0.3 is 6.03 Å². The van der Waals surface area contributed by atoms with Crippen molar-refractivity contribution in [3.63, 3.8) is 0 Å². The number of fused-ring (bicyclic) bond motifs is 1. The molecule has 12 nitrogen and oxygen atoms in total. The van der Waals surface area contributed by atoms with Crippen molar-refractivity contribution in [2.24, 2.45) is 17.0 Å². The summed E-state index contributed by atoms with van der Waals surface area (Å²) in [7, 11) is -4.06. The van der Waals surface area contributed by atoms with Crippen LogP contribution in [0, 0.1) is 11.8 Å². The normalized spacial score (nSPS) is 17.6. The Kier molecular flexibility index (Phi) is 13.2. The number of carbonyl (C=O) groups excluding carboxylic acids is 2. The largest absolute Gasteiger partial charge is 0.411 e. The van der Waals surface area contributed by atoms with Gasteiger partial charge in [-0.25, -0.2) is 13.2 Å². The number of benzene rings is 3. The molecular weight excluding hydrogens is 717 g/mol. The lowest BCUT2D eigenvalue weighted by atomic mass is 9.95. The molecule has 0 bridgehead atoms. The van der Waals surface area contributed by atoms with E-state index >= 15 is 0 Å². The van der Waals surface area contributed by atoms with Crippen molar-refractivity contribution >= 4 is 39.1 Å². The SMILES string of the molecule is CC[C@H](C)[C@@H](C(=O)N[C@@H](Cc1ccccc1)[C@H](O)CN(CC1CCCC1)S(=O)(=O)c1ccc(C=NO)cc1)N1CCN(Cc2ccnc3ccccc23)C1=O. The number of aliphatic hydroxyl groups is 1. The van der Waals surface area contributed by atoms with E-state index in [1.807, 2.05) is 74.5 Å². The summed E-state index contributed by atoms with van der Waals surface area (Å²) in [5.41, 5.74) is 3.23. The number of rotatable bonds is 17. The Bertz CT molecular complexity index is 2040. The van der Waals surface area contributed by atoms with Crippen molar-refractivity contribution in [1.82, 2.24) is 24.4 Å². The highest BCUT2D eigenvalue weighted by atomic mass is 32.2. The van der Waals surface area contributed by atoms with Crippen LogP contribution in [0.15, 0.2) is 101 Å². The third-order valence-corrected chi connectivity index (χ3v) is 13.0. The van der Waals surface area contributed by atoms with Gasteiger partial charge < -0.3 is 25.4 Å². The lowest BCUT2D eigenvalue weighted by Gasteiger charge is -2.35. The van der Waals surface area contributed by atoms with Crippen molar-refractivity contribution in [1.29, 1.82) is 0 Å². The molecule has 0 unspecified atom stereocenters. The molecule has 0 radical (unpaired) electrons. The van der Waals surface area contributed by atoms with E-state index in [1.54, 1.807) is 28.1 Å². The summed E-state index contributed by atoms with van der Waals surface area (Å²) in [5, 5.41) is 28.1. The number of aromatic nitrogens is 1. The quantitative estimate of drug-likeness (QED) is 0.0711. The topological polar surface area (TPSA) is 156 Å². The highest BCUT2D eigenvalue weighted by Crippen LogP contribution is 2.29. The van der Waals surface area contributed by atoms with Crippen molar-refractivity contribution in [3.05, 3.63) is 108 Å². The van der Waals surface area contributed by atoms with Gasteiger partial charge in [-0.15, -0.1) is 0 Å². The van der Waals surface area contributed by atoms with E-state index in [0.717, 1.165) is 47.7 Å². The molecule has 1 aromatic heterocycles. The maximum absolute atomic E-state index is 14.5. The van der Waals surface area contributed by atoms with Crippen LogP contribution < -0.4 is 5.32 Å². The molecule has 292 valence electrons. The summed E-state index contributed by atoms with van der Waals surface area (Å²) in [6, 6.07) is 23.4. The Balaban J connectivity index is 1.24. The summed E-state index contributed by atoms with van der Waals surface area (Å²) >= 11 is 0. The standard InChI is InChI=1S/C42H52N6O6S/c1-3-30(2)40(48-24-23-46(42(48)51)28-34-21-22-43-37-16-10-9-15-36(34)37)41(50)45-38(25-31-11-5-4-6-12-31)39(49)29-47(27-33-13-7-8-14-33)55(53,54)35-19-17-32(18-20-35)26-44-52/h4-6,9-12,15-22,26,30,33,38-40,49,52H,3,7-8,13-14,23-25,27-29H2,1-2H3,(H,45,50)/t30-,38-,39+,40-/m0/s1. The highest BCUT2D eigenvalue weighted by Gasteiger charge is 2.41. The minimum absolute atomic E-state index is 0.0603. The number of pyridine rings is 1. The number of sulfonamides is 1. The molecule has 4 aromatic rings. The average Bonchev–Trinajstić information content (AvgIpc) is 3.84. The average molecular weight is 769 g/mol. The Morgan fingerprint density at radius 1 is 1.02 bits per heavy atom. The molecule has 3 N–H and O–H groups in total. The third kappa shape index (κ3) is 9.52. The molecule has 0 spiro atoms. The second-order valence-electron chi connectivity index (χ2n) is 14.9. The minimum Gasteiger partial charge on any atom is -0.411 e. The molecule has 13 heteroatoms. The van der Waals surface area contributed by atoms with E-state index in [9.17, 15) is 23.1 Å². The van der Waals surface area contributed by atoms with Gasteiger partial charge in [-0.3, -0.25) is 9.78 Å². The van der Waals surface area contributed by atoms with Gasteiger partial charge in [0.15, 0.2) is 0 Å². The van der Waals surface area contributed by atoms with Crippen molar-refractivity contribution in [3.8, 4) is 0 Å². The molecule has 2 heterocycles. The number of para-hydroxylation sites is 1. The number of hydrogen-bond donors (Lipinski definition) is 3. The molecule has 6 rings (SSSR count). The highest BCUT2D eigenvalue weighted by molar-refractivity contribution is 7.89. The molecule has 1 aliphatic carbocycles. The third-order valence-electron chi connectivity index (χ3n) is 11.2. The summed E-state index contributed by atoms with van der Waals surface area (Å²) < 4.78 is 29.8. The molecule has 1 saturated heterocycles. The summed E-state index contributed by atoms with van der Waals surface area (Å²) in [6.07, 6.45) is 6.41. The first-order chi connectivity index (χ1) is 26.6. The van der Waals surface area contributed by atoms with Crippen LogP contribution in [0.2, 0.25) is 0 Å². The van der Waals surface area contributed by atoms with E-state index in [-0.39, 0.29) is 48.2 Å². The number of nitrogens with zero attached hydrogens (tertiary/aromatic N) is 5. The fourth-order valence-electron chi connectivity index (χ4n) is 7.88.